The first-order valence-corrected chi connectivity index (χ1v) is 4.48. The molecule has 0 aliphatic rings. The van der Waals surface area contributed by atoms with E-state index in [2.05, 4.69) is 5.32 Å². The standard InChI is InChI=1S/C10H13FN2O.ClH/c11-9-4-1-3-8(7-9)10(14)13-6-2-5-12;/h1,3-4,7H,2,5-6,12H2,(H,13,14);1H. The fourth-order valence-electron chi connectivity index (χ4n) is 1.04. The zero-order chi connectivity index (χ0) is 10.4. The number of halogens is 2. The third-order valence-corrected chi connectivity index (χ3v) is 1.75. The molecule has 0 saturated heterocycles. The Morgan fingerprint density at radius 1 is 1.47 bits per heavy atom. The molecule has 0 spiro atoms. The highest BCUT2D eigenvalue weighted by atomic mass is 35.5. The van der Waals surface area contributed by atoms with Crippen LogP contribution in [0.2, 0.25) is 0 Å². The van der Waals surface area contributed by atoms with Gasteiger partial charge in [0.25, 0.3) is 5.91 Å². The van der Waals surface area contributed by atoms with Crippen molar-refractivity contribution in [3.63, 3.8) is 0 Å². The van der Waals surface area contributed by atoms with Gasteiger partial charge in [-0.2, -0.15) is 0 Å². The Labute approximate surface area is 94.3 Å². The lowest BCUT2D eigenvalue weighted by atomic mass is 10.2. The Morgan fingerprint density at radius 3 is 2.80 bits per heavy atom. The zero-order valence-electron chi connectivity index (χ0n) is 8.20. The predicted molar refractivity (Wildman–Crippen MR) is 59.7 cm³/mol. The molecule has 84 valence electrons. The van der Waals surface area contributed by atoms with Crippen LogP contribution in [0.5, 0.6) is 0 Å². The fraction of sp³-hybridized carbons (Fsp3) is 0.300. The number of carbonyl (C=O) groups is 1. The molecule has 0 radical (unpaired) electrons. The largest absolute Gasteiger partial charge is 0.352 e. The molecule has 0 saturated carbocycles. The summed E-state index contributed by atoms with van der Waals surface area (Å²) in [6.45, 7) is 1.05. The highest BCUT2D eigenvalue weighted by Gasteiger charge is 2.04. The molecule has 1 amide bonds. The fourth-order valence-corrected chi connectivity index (χ4v) is 1.04. The Morgan fingerprint density at radius 2 is 2.20 bits per heavy atom. The maximum Gasteiger partial charge on any atom is 0.251 e. The topological polar surface area (TPSA) is 55.1 Å². The Balaban J connectivity index is 0.00000196. The number of carbonyl (C=O) groups excluding carboxylic acids is 1. The van der Waals surface area contributed by atoms with Crippen LogP contribution >= 0.6 is 12.4 Å². The number of hydrogen-bond acceptors (Lipinski definition) is 2. The summed E-state index contributed by atoms with van der Waals surface area (Å²) in [5, 5.41) is 2.64. The second kappa shape index (κ2) is 7.20. The van der Waals surface area contributed by atoms with E-state index >= 15 is 0 Å². The monoisotopic (exact) mass is 232 g/mol. The van der Waals surface area contributed by atoms with Gasteiger partial charge < -0.3 is 11.1 Å². The molecule has 0 atom stereocenters. The highest BCUT2D eigenvalue weighted by molar-refractivity contribution is 5.94. The number of amides is 1. The summed E-state index contributed by atoms with van der Waals surface area (Å²) >= 11 is 0. The molecular formula is C10H14ClFN2O. The molecule has 1 rings (SSSR count). The van der Waals surface area contributed by atoms with Gasteiger partial charge in [0.15, 0.2) is 0 Å². The van der Waals surface area contributed by atoms with Crippen LogP contribution in [-0.4, -0.2) is 19.0 Å². The SMILES string of the molecule is Cl.NCCCNC(=O)c1cccc(F)c1. The Hall–Kier alpha value is -1.13. The van der Waals surface area contributed by atoms with Crippen LogP contribution in [0.25, 0.3) is 0 Å². The van der Waals surface area contributed by atoms with Crippen molar-refractivity contribution in [3.8, 4) is 0 Å². The third kappa shape index (κ3) is 4.76. The van der Waals surface area contributed by atoms with Crippen LogP contribution in [0.15, 0.2) is 24.3 Å². The molecule has 0 bridgehead atoms. The average molecular weight is 233 g/mol. The Bertz CT molecular complexity index is 320. The predicted octanol–water partition coefficient (Wildman–Crippen LogP) is 1.33. The van der Waals surface area contributed by atoms with Gasteiger partial charge in [0.2, 0.25) is 0 Å². The van der Waals surface area contributed by atoms with Crippen molar-refractivity contribution >= 4 is 18.3 Å². The molecule has 0 aromatic heterocycles. The zero-order valence-corrected chi connectivity index (χ0v) is 9.02. The number of hydrogen-bond donors (Lipinski definition) is 2. The number of nitrogens with one attached hydrogen (secondary N) is 1. The van der Waals surface area contributed by atoms with E-state index in [9.17, 15) is 9.18 Å². The summed E-state index contributed by atoms with van der Waals surface area (Å²) in [5.41, 5.74) is 5.60. The van der Waals surface area contributed by atoms with E-state index in [4.69, 9.17) is 5.73 Å². The summed E-state index contributed by atoms with van der Waals surface area (Å²) in [7, 11) is 0. The molecular weight excluding hydrogens is 219 g/mol. The molecule has 0 aliphatic heterocycles. The normalized spacial score (nSPS) is 9.20. The Kier molecular flexibility index (Phi) is 6.66. The molecule has 1 aromatic carbocycles. The number of benzene rings is 1. The minimum atomic E-state index is -0.406. The van der Waals surface area contributed by atoms with Gasteiger partial charge in [-0.25, -0.2) is 4.39 Å². The highest BCUT2D eigenvalue weighted by Crippen LogP contribution is 2.02. The first-order valence-electron chi connectivity index (χ1n) is 4.48. The molecule has 3 N–H and O–H groups in total. The van der Waals surface area contributed by atoms with Gasteiger partial charge in [-0.1, -0.05) is 6.07 Å². The van der Waals surface area contributed by atoms with E-state index in [0.29, 0.717) is 18.7 Å². The molecule has 0 heterocycles. The second-order valence-electron chi connectivity index (χ2n) is 2.91. The van der Waals surface area contributed by atoms with E-state index in [1.165, 1.54) is 18.2 Å². The maximum absolute atomic E-state index is 12.7. The molecule has 0 fully saturated rings. The van der Waals surface area contributed by atoms with E-state index in [1.807, 2.05) is 0 Å². The smallest absolute Gasteiger partial charge is 0.251 e. The first-order chi connectivity index (χ1) is 6.74. The van der Waals surface area contributed by atoms with Gasteiger partial charge >= 0.3 is 0 Å². The molecule has 1 aromatic rings. The van der Waals surface area contributed by atoms with Crippen molar-refractivity contribution in [2.45, 2.75) is 6.42 Å². The van der Waals surface area contributed by atoms with Crippen LogP contribution in [0, 0.1) is 5.82 Å². The van der Waals surface area contributed by atoms with Crippen molar-refractivity contribution in [1.82, 2.24) is 5.32 Å². The average Bonchev–Trinajstić information content (AvgIpc) is 2.18. The van der Waals surface area contributed by atoms with E-state index < -0.39 is 5.82 Å². The van der Waals surface area contributed by atoms with Crippen molar-refractivity contribution in [1.29, 1.82) is 0 Å². The van der Waals surface area contributed by atoms with E-state index in [0.717, 1.165) is 6.42 Å². The van der Waals surface area contributed by atoms with Crippen molar-refractivity contribution in [2.75, 3.05) is 13.1 Å². The van der Waals surface area contributed by atoms with E-state index in [-0.39, 0.29) is 18.3 Å². The van der Waals surface area contributed by atoms with Crippen molar-refractivity contribution < 1.29 is 9.18 Å². The third-order valence-electron chi connectivity index (χ3n) is 1.75. The lowest BCUT2D eigenvalue weighted by Crippen LogP contribution is -2.25. The van der Waals surface area contributed by atoms with Crippen LogP contribution in [0.1, 0.15) is 16.8 Å². The first kappa shape index (κ1) is 13.9. The maximum atomic E-state index is 12.7. The lowest BCUT2D eigenvalue weighted by molar-refractivity contribution is 0.0953. The number of rotatable bonds is 4. The lowest BCUT2D eigenvalue weighted by Gasteiger charge is -2.03. The van der Waals surface area contributed by atoms with Crippen LogP contribution in [0.4, 0.5) is 4.39 Å². The van der Waals surface area contributed by atoms with E-state index in [1.54, 1.807) is 6.07 Å². The molecule has 0 aliphatic carbocycles. The van der Waals surface area contributed by atoms with Gasteiger partial charge in [0.1, 0.15) is 5.82 Å². The quantitative estimate of drug-likeness (QED) is 0.770. The molecule has 15 heavy (non-hydrogen) atoms. The van der Waals surface area contributed by atoms with Crippen molar-refractivity contribution in [2.24, 2.45) is 5.73 Å². The van der Waals surface area contributed by atoms with Crippen LogP contribution in [-0.2, 0) is 0 Å². The van der Waals surface area contributed by atoms with Gasteiger partial charge in [-0.05, 0) is 31.2 Å². The number of nitrogens with two attached hydrogens (primary N) is 1. The van der Waals surface area contributed by atoms with Gasteiger partial charge in [0, 0.05) is 12.1 Å². The summed E-state index contributed by atoms with van der Waals surface area (Å²) in [4.78, 5) is 11.4. The molecule has 0 unspecified atom stereocenters. The minimum absolute atomic E-state index is 0. The van der Waals surface area contributed by atoms with Crippen LogP contribution in [0.3, 0.4) is 0 Å². The summed E-state index contributed by atoms with van der Waals surface area (Å²) in [6, 6.07) is 5.59. The van der Waals surface area contributed by atoms with Crippen LogP contribution < -0.4 is 11.1 Å². The molecule has 3 nitrogen and oxygen atoms in total. The van der Waals surface area contributed by atoms with Gasteiger partial charge in [-0.15, -0.1) is 12.4 Å². The molecule has 5 heteroatoms. The summed E-state index contributed by atoms with van der Waals surface area (Å²) in [5.74, 6) is -0.672. The van der Waals surface area contributed by atoms with Gasteiger partial charge in [0.05, 0.1) is 0 Å². The van der Waals surface area contributed by atoms with Crippen molar-refractivity contribution in [3.05, 3.63) is 35.6 Å². The minimum Gasteiger partial charge on any atom is -0.352 e. The second-order valence-corrected chi connectivity index (χ2v) is 2.91. The summed E-state index contributed by atoms with van der Waals surface area (Å²) in [6.07, 6.45) is 0.723. The summed E-state index contributed by atoms with van der Waals surface area (Å²) < 4.78 is 12.7. The van der Waals surface area contributed by atoms with Gasteiger partial charge in [-0.3, -0.25) is 4.79 Å².